The average molecular weight is 344 g/mol. The van der Waals surface area contributed by atoms with Gasteiger partial charge in [-0.1, -0.05) is 0 Å². The number of carbonyl (C=O) groups excluding carboxylic acids is 2. The number of carboxylic acids is 3. The van der Waals surface area contributed by atoms with Gasteiger partial charge in [-0.2, -0.15) is 0 Å². The molecule has 0 spiro atoms. The minimum absolute atomic E-state index is 0.0635. The molecule has 10 heteroatoms. The summed E-state index contributed by atoms with van der Waals surface area (Å²) in [6.45, 7) is -0.213. The Morgan fingerprint density at radius 2 is 1.68 bits per heavy atom. The van der Waals surface area contributed by atoms with Crippen LogP contribution in [0.15, 0.2) is 23.3 Å². The van der Waals surface area contributed by atoms with Crippen LogP contribution in [0.1, 0.15) is 36.9 Å². The molecule has 4 N–H and O–H groups in total. The second-order valence-electron chi connectivity index (χ2n) is 5.16. The fraction of sp³-hybridized carbons (Fsp3) is 0.0667. The molecule has 0 fully saturated rings. The highest BCUT2D eigenvalue weighted by atomic mass is 16.4. The summed E-state index contributed by atoms with van der Waals surface area (Å²) in [6.07, 6.45) is 0.994. The number of ketones is 2. The molecule has 0 aromatic carbocycles. The topological polar surface area (TPSA) is 171 Å². The summed E-state index contributed by atoms with van der Waals surface area (Å²) in [5.74, 6) is -6.69. The van der Waals surface area contributed by atoms with Gasteiger partial charge in [0, 0.05) is 12.1 Å². The van der Waals surface area contributed by atoms with Gasteiger partial charge in [0.2, 0.25) is 5.78 Å². The molecule has 1 aliphatic carbocycles. The lowest BCUT2D eigenvalue weighted by atomic mass is 9.85. The van der Waals surface area contributed by atoms with Crippen molar-refractivity contribution in [3.63, 3.8) is 0 Å². The molecule has 3 rings (SSSR count). The Morgan fingerprint density at radius 1 is 1.00 bits per heavy atom. The maximum absolute atomic E-state index is 12.3. The van der Waals surface area contributed by atoms with Gasteiger partial charge >= 0.3 is 17.9 Å². The van der Waals surface area contributed by atoms with Crippen LogP contribution in [0.4, 0.5) is 0 Å². The number of dihydropyridines is 1. The summed E-state index contributed by atoms with van der Waals surface area (Å²) in [5.41, 5.74) is -2.61. The number of Topliss-reactive ketones (excluding diaryl/α,β-unsaturated/α-hetero) is 2. The molecule has 25 heavy (non-hydrogen) atoms. The number of hydrogen-bond acceptors (Lipinski definition) is 7. The van der Waals surface area contributed by atoms with Gasteiger partial charge in [-0.05, 0) is 12.1 Å². The van der Waals surface area contributed by atoms with Crippen LogP contribution in [0.2, 0.25) is 0 Å². The highest BCUT2D eigenvalue weighted by Crippen LogP contribution is 2.33. The molecule has 0 atom stereocenters. The van der Waals surface area contributed by atoms with Gasteiger partial charge in [-0.25, -0.2) is 19.4 Å². The molecule has 0 amide bonds. The maximum Gasteiger partial charge on any atom is 0.354 e. The van der Waals surface area contributed by atoms with Crippen molar-refractivity contribution in [2.75, 3.05) is 6.54 Å². The van der Waals surface area contributed by atoms with E-state index in [1.807, 2.05) is 0 Å². The molecule has 0 radical (unpaired) electrons. The third-order valence-electron chi connectivity index (χ3n) is 3.70. The van der Waals surface area contributed by atoms with Gasteiger partial charge in [0.15, 0.2) is 0 Å². The Bertz CT molecular complexity index is 970. The SMILES string of the molecule is O=C(O)C1=CC2=C(NC1)c1c(C(=O)O)cc(C(=O)O)nc1C(=O)C2=O. The van der Waals surface area contributed by atoms with Gasteiger partial charge in [-0.15, -0.1) is 0 Å². The van der Waals surface area contributed by atoms with Crippen molar-refractivity contribution < 1.29 is 39.3 Å². The summed E-state index contributed by atoms with van der Waals surface area (Å²) < 4.78 is 0. The van der Waals surface area contributed by atoms with Crippen LogP contribution < -0.4 is 5.32 Å². The summed E-state index contributed by atoms with van der Waals surface area (Å²) in [6, 6.07) is 0.773. The van der Waals surface area contributed by atoms with Crippen LogP contribution in [-0.2, 0) is 9.59 Å². The smallest absolute Gasteiger partial charge is 0.354 e. The molecule has 0 saturated heterocycles. The molecular formula is C15H8N2O8. The zero-order chi connectivity index (χ0) is 18.5. The van der Waals surface area contributed by atoms with Crippen LogP contribution in [0.5, 0.6) is 0 Å². The number of rotatable bonds is 3. The van der Waals surface area contributed by atoms with Crippen molar-refractivity contribution in [3.8, 4) is 0 Å². The number of aromatic nitrogens is 1. The monoisotopic (exact) mass is 344 g/mol. The second kappa shape index (κ2) is 5.37. The Labute approximate surface area is 138 Å². The lowest BCUT2D eigenvalue weighted by Gasteiger charge is -2.26. The lowest BCUT2D eigenvalue weighted by molar-refractivity contribution is -0.132. The first-order valence-electron chi connectivity index (χ1n) is 6.75. The van der Waals surface area contributed by atoms with Gasteiger partial charge in [-0.3, -0.25) is 9.59 Å². The summed E-state index contributed by atoms with van der Waals surface area (Å²) >= 11 is 0. The summed E-state index contributed by atoms with van der Waals surface area (Å²) in [7, 11) is 0. The molecule has 0 unspecified atom stereocenters. The molecule has 126 valence electrons. The normalized spacial score (nSPS) is 15.8. The third-order valence-corrected chi connectivity index (χ3v) is 3.70. The van der Waals surface area contributed by atoms with Crippen LogP contribution in [-0.4, -0.2) is 56.3 Å². The minimum atomic E-state index is -1.56. The van der Waals surface area contributed by atoms with E-state index in [-0.39, 0.29) is 29.0 Å². The van der Waals surface area contributed by atoms with Crippen LogP contribution in [0, 0.1) is 0 Å². The van der Waals surface area contributed by atoms with Crippen molar-refractivity contribution >= 4 is 35.2 Å². The molecule has 2 heterocycles. The van der Waals surface area contributed by atoms with Gasteiger partial charge in [0.25, 0.3) is 5.78 Å². The predicted octanol–water partition coefficient (Wildman–Crippen LogP) is -0.431. The number of hydrogen-bond donors (Lipinski definition) is 4. The fourth-order valence-electron chi connectivity index (χ4n) is 2.59. The first-order chi connectivity index (χ1) is 11.7. The molecule has 0 bridgehead atoms. The number of fused-ring (bicyclic) bond motifs is 2. The number of nitrogens with one attached hydrogen (secondary N) is 1. The van der Waals surface area contributed by atoms with E-state index in [1.54, 1.807) is 0 Å². The number of carbonyl (C=O) groups is 5. The van der Waals surface area contributed by atoms with Crippen LogP contribution >= 0.6 is 0 Å². The molecule has 1 aliphatic heterocycles. The number of nitrogens with zero attached hydrogens (tertiary/aromatic N) is 1. The third kappa shape index (κ3) is 2.36. The second-order valence-corrected chi connectivity index (χ2v) is 5.16. The van der Waals surface area contributed by atoms with Crippen LogP contribution in [0.3, 0.4) is 0 Å². The van der Waals surface area contributed by atoms with Crippen molar-refractivity contribution in [2.45, 2.75) is 0 Å². The highest BCUT2D eigenvalue weighted by Gasteiger charge is 2.39. The Balaban J connectivity index is 2.37. The van der Waals surface area contributed by atoms with Crippen molar-refractivity contribution in [1.82, 2.24) is 10.3 Å². The fourth-order valence-corrected chi connectivity index (χ4v) is 2.59. The van der Waals surface area contributed by atoms with E-state index < -0.39 is 46.4 Å². The first kappa shape index (κ1) is 16.1. The first-order valence-corrected chi connectivity index (χ1v) is 6.75. The molecule has 0 saturated carbocycles. The average Bonchev–Trinajstić information content (AvgIpc) is 2.57. The predicted molar refractivity (Wildman–Crippen MR) is 78.1 cm³/mol. The van der Waals surface area contributed by atoms with Crippen molar-refractivity contribution in [1.29, 1.82) is 0 Å². The number of allylic oxidation sites excluding steroid dienone is 2. The summed E-state index contributed by atoms with van der Waals surface area (Å²) in [5, 5.41) is 30.0. The number of aromatic carboxylic acids is 2. The van der Waals surface area contributed by atoms with Crippen LogP contribution in [0.25, 0.3) is 5.70 Å². The van der Waals surface area contributed by atoms with Gasteiger partial charge < -0.3 is 20.6 Å². The number of aliphatic carboxylic acids is 1. The zero-order valence-electron chi connectivity index (χ0n) is 12.2. The van der Waals surface area contributed by atoms with E-state index in [0.29, 0.717) is 0 Å². The molecule has 1 aromatic heterocycles. The van der Waals surface area contributed by atoms with Gasteiger partial charge in [0.05, 0.1) is 22.4 Å². The molecule has 1 aromatic rings. The summed E-state index contributed by atoms with van der Waals surface area (Å²) in [4.78, 5) is 61.7. The lowest BCUT2D eigenvalue weighted by Crippen LogP contribution is -2.35. The Kier molecular flexibility index (Phi) is 3.45. The maximum atomic E-state index is 12.3. The quantitative estimate of drug-likeness (QED) is 0.527. The zero-order valence-corrected chi connectivity index (χ0v) is 12.2. The van der Waals surface area contributed by atoms with Crippen molar-refractivity contribution in [2.24, 2.45) is 0 Å². The standard InChI is InChI=1S/C15H8N2O8/c18-11-6-1-4(13(20)21)3-16-9(6)8-5(14(22)23)2-7(15(24)25)17-10(8)12(11)19/h1-2,16H,3H2,(H,20,21)(H,22,23)(H,24,25). The van der Waals surface area contributed by atoms with E-state index >= 15 is 0 Å². The minimum Gasteiger partial charge on any atom is -0.478 e. The van der Waals surface area contributed by atoms with E-state index in [1.165, 1.54) is 0 Å². The largest absolute Gasteiger partial charge is 0.478 e. The Morgan fingerprint density at radius 3 is 2.24 bits per heavy atom. The molecular weight excluding hydrogens is 336 g/mol. The highest BCUT2D eigenvalue weighted by molar-refractivity contribution is 6.53. The van der Waals surface area contributed by atoms with Crippen molar-refractivity contribution in [3.05, 3.63) is 45.8 Å². The van der Waals surface area contributed by atoms with Gasteiger partial charge in [0.1, 0.15) is 11.4 Å². The number of pyridine rings is 1. The Hall–Kier alpha value is -3.82. The molecule has 2 aliphatic rings. The van der Waals surface area contributed by atoms with E-state index in [4.69, 9.17) is 10.2 Å². The van der Waals surface area contributed by atoms with E-state index in [9.17, 15) is 29.1 Å². The number of carboxylic acid groups (broad SMARTS) is 3. The molecule has 10 nitrogen and oxygen atoms in total. The van der Waals surface area contributed by atoms with E-state index in [2.05, 4.69) is 10.3 Å². The van der Waals surface area contributed by atoms with E-state index in [0.717, 1.165) is 12.1 Å².